The maximum Gasteiger partial charge on any atom is 0.145 e. The van der Waals surface area contributed by atoms with Crippen LogP contribution in [-0.4, -0.2) is 34.6 Å². The fraction of sp³-hybridized carbons (Fsp3) is 0.444. The SMILES string of the molecule is COc1ccc([C@@H]2C[C@H](C)N([C@@H](C)c3ncc(Br)cn3)C2)cc1. The third kappa shape index (κ3) is 3.56. The highest BCUT2D eigenvalue weighted by Gasteiger charge is 2.34. The lowest BCUT2D eigenvalue weighted by Gasteiger charge is -2.27. The highest BCUT2D eigenvalue weighted by atomic mass is 79.9. The molecule has 122 valence electrons. The van der Waals surface area contributed by atoms with Crippen LogP contribution in [0, 0.1) is 0 Å². The number of halogens is 1. The highest BCUT2D eigenvalue weighted by molar-refractivity contribution is 9.10. The summed E-state index contributed by atoms with van der Waals surface area (Å²) in [5.41, 5.74) is 1.38. The molecule has 2 heterocycles. The van der Waals surface area contributed by atoms with E-state index < -0.39 is 0 Å². The molecule has 0 amide bonds. The minimum absolute atomic E-state index is 0.223. The van der Waals surface area contributed by atoms with Crippen LogP contribution in [0.2, 0.25) is 0 Å². The number of rotatable bonds is 4. The molecule has 0 N–H and O–H groups in total. The summed E-state index contributed by atoms with van der Waals surface area (Å²) >= 11 is 3.39. The van der Waals surface area contributed by atoms with Gasteiger partial charge in [-0.05, 0) is 59.8 Å². The van der Waals surface area contributed by atoms with Gasteiger partial charge >= 0.3 is 0 Å². The third-order valence-electron chi connectivity index (χ3n) is 4.72. The van der Waals surface area contributed by atoms with Crippen molar-refractivity contribution in [2.45, 2.75) is 38.3 Å². The van der Waals surface area contributed by atoms with Crippen LogP contribution in [0.1, 0.15) is 43.6 Å². The minimum Gasteiger partial charge on any atom is -0.497 e. The molecule has 23 heavy (non-hydrogen) atoms. The smallest absolute Gasteiger partial charge is 0.145 e. The second kappa shape index (κ2) is 6.97. The molecule has 1 saturated heterocycles. The van der Waals surface area contributed by atoms with Crippen LogP contribution in [-0.2, 0) is 0 Å². The van der Waals surface area contributed by atoms with Crippen molar-refractivity contribution < 1.29 is 4.74 Å². The molecule has 0 aliphatic carbocycles. The van der Waals surface area contributed by atoms with Crippen molar-refractivity contribution in [2.24, 2.45) is 0 Å². The Balaban J connectivity index is 1.73. The van der Waals surface area contributed by atoms with E-state index in [9.17, 15) is 0 Å². The lowest BCUT2D eigenvalue weighted by Crippen LogP contribution is -2.31. The van der Waals surface area contributed by atoms with Gasteiger partial charge in [0.2, 0.25) is 0 Å². The standard InChI is InChI=1S/C18H22BrN3O/c1-12-8-15(14-4-6-17(23-3)7-5-14)11-22(12)13(2)18-20-9-16(19)10-21-18/h4-7,9-10,12-13,15H,8,11H2,1-3H3/t12-,13-,15+/m0/s1. The Labute approximate surface area is 146 Å². The van der Waals surface area contributed by atoms with Crippen molar-refractivity contribution in [1.82, 2.24) is 14.9 Å². The molecule has 0 spiro atoms. The van der Waals surface area contributed by atoms with Gasteiger partial charge in [0, 0.05) is 25.0 Å². The summed E-state index contributed by atoms with van der Waals surface area (Å²) in [4.78, 5) is 11.4. The fourth-order valence-corrected chi connectivity index (χ4v) is 3.60. The fourth-order valence-electron chi connectivity index (χ4n) is 3.40. The second-order valence-corrected chi connectivity index (χ2v) is 7.10. The molecule has 0 radical (unpaired) electrons. The highest BCUT2D eigenvalue weighted by Crippen LogP contribution is 2.36. The Morgan fingerprint density at radius 2 is 1.87 bits per heavy atom. The normalized spacial score (nSPS) is 23.0. The first-order valence-corrected chi connectivity index (χ1v) is 8.75. The Bertz CT molecular complexity index is 644. The molecule has 1 aliphatic heterocycles. The van der Waals surface area contributed by atoms with Crippen molar-refractivity contribution in [3.8, 4) is 5.75 Å². The zero-order chi connectivity index (χ0) is 16.4. The minimum atomic E-state index is 0.223. The van der Waals surface area contributed by atoms with Crippen LogP contribution in [0.25, 0.3) is 0 Å². The van der Waals surface area contributed by atoms with Gasteiger partial charge in [-0.1, -0.05) is 12.1 Å². The molecular formula is C18H22BrN3O. The van der Waals surface area contributed by atoms with Gasteiger partial charge in [-0.3, -0.25) is 4.90 Å². The van der Waals surface area contributed by atoms with Crippen LogP contribution >= 0.6 is 15.9 Å². The van der Waals surface area contributed by atoms with E-state index in [-0.39, 0.29) is 6.04 Å². The predicted molar refractivity (Wildman–Crippen MR) is 94.7 cm³/mol. The molecule has 1 aliphatic rings. The van der Waals surface area contributed by atoms with Gasteiger partial charge in [-0.2, -0.15) is 0 Å². The molecule has 1 aromatic heterocycles. The number of ether oxygens (including phenoxy) is 1. The van der Waals surface area contributed by atoms with Crippen molar-refractivity contribution in [3.63, 3.8) is 0 Å². The lowest BCUT2D eigenvalue weighted by molar-refractivity contribution is 0.195. The monoisotopic (exact) mass is 375 g/mol. The lowest BCUT2D eigenvalue weighted by atomic mass is 9.97. The molecule has 2 aromatic rings. The summed E-state index contributed by atoms with van der Waals surface area (Å²) in [7, 11) is 1.70. The molecule has 1 fully saturated rings. The maximum absolute atomic E-state index is 5.25. The summed E-state index contributed by atoms with van der Waals surface area (Å²) in [5.74, 6) is 2.34. The second-order valence-electron chi connectivity index (χ2n) is 6.19. The summed E-state index contributed by atoms with van der Waals surface area (Å²) in [6.45, 7) is 5.52. The van der Waals surface area contributed by atoms with Gasteiger partial charge in [0.05, 0.1) is 17.6 Å². The molecule has 0 saturated carbocycles. The average molecular weight is 376 g/mol. The number of nitrogens with zero attached hydrogens (tertiary/aromatic N) is 3. The molecule has 1 aromatic carbocycles. The quantitative estimate of drug-likeness (QED) is 0.802. The summed E-state index contributed by atoms with van der Waals surface area (Å²) < 4.78 is 6.16. The van der Waals surface area contributed by atoms with Gasteiger partial charge in [0.25, 0.3) is 0 Å². The first-order valence-electron chi connectivity index (χ1n) is 7.95. The van der Waals surface area contributed by atoms with E-state index >= 15 is 0 Å². The first kappa shape index (κ1) is 16.4. The Morgan fingerprint density at radius 3 is 2.48 bits per heavy atom. The van der Waals surface area contributed by atoms with Crippen molar-refractivity contribution in [3.05, 3.63) is 52.5 Å². The zero-order valence-corrected chi connectivity index (χ0v) is 15.3. The Morgan fingerprint density at radius 1 is 1.22 bits per heavy atom. The average Bonchev–Trinajstić information content (AvgIpc) is 2.97. The molecule has 5 heteroatoms. The van der Waals surface area contributed by atoms with E-state index in [4.69, 9.17) is 4.74 Å². The Kier molecular flexibility index (Phi) is 4.97. The van der Waals surface area contributed by atoms with E-state index in [1.165, 1.54) is 5.56 Å². The first-order chi connectivity index (χ1) is 11.1. The van der Waals surface area contributed by atoms with E-state index in [2.05, 4.69) is 56.8 Å². The molecule has 3 rings (SSSR count). The van der Waals surface area contributed by atoms with Crippen LogP contribution in [0.15, 0.2) is 41.1 Å². The summed E-state index contributed by atoms with van der Waals surface area (Å²) in [5, 5.41) is 0. The summed E-state index contributed by atoms with van der Waals surface area (Å²) in [6, 6.07) is 9.19. The molecule has 3 atom stereocenters. The summed E-state index contributed by atoms with van der Waals surface area (Å²) in [6.07, 6.45) is 4.80. The van der Waals surface area contributed by atoms with E-state index in [0.717, 1.165) is 29.0 Å². The van der Waals surface area contributed by atoms with Gasteiger partial charge in [0.15, 0.2) is 0 Å². The van der Waals surface area contributed by atoms with Crippen LogP contribution < -0.4 is 4.74 Å². The van der Waals surface area contributed by atoms with Crippen LogP contribution in [0.4, 0.5) is 0 Å². The predicted octanol–water partition coefficient (Wildman–Crippen LogP) is 4.19. The van der Waals surface area contributed by atoms with E-state index in [0.29, 0.717) is 12.0 Å². The van der Waals surface area contributed by atoms with Gasteiger partial charge in [-0.25, -0.2) is 9.97 Å². The van der Waals surface area contributed by atoms with Crippen molar-refractivity contribution >= 4 is 15.9 Å². The number of aromatic nitrogens is 2. The van der Waals surface area contributed by atoms with Gasteiger partial charge in [-0.15, -0.1) is 0 Å². The van der Waals surface area contributed by atoms with E-state index in [1.54, 1.807) is 7.11 Å². The molecule has 0 unspecified atom stereocenters. The number of likely N-dealkylation sites (tertiary alicyclic amines) is 1. The van der Waals surface area contributed by atoms with Crippen LogP contribution in [0.3, 0.4) is 0 Å². The Hall–Kier alpha value is -1.46. The van der Waals surface area contributed by atoms with Crippen molar-refractivity contribution in [2.75, 3.05) is 13.7 Å². The van der Waals surface area contributed by atoms with Gasteiger partial charge in [0.1, 0.15) is 11.6 Å². The number of hydrogen-bond donors (Lipinski definition) is 0. The largest absolute Gasteiger partial charge is 0.497 e. The van der Waals surface area contributed by atoms with Gasteiger partial charge < -0.3 is 4.74 Å². The van der Waals surface area contributed by atoms with E-state index in [1.807, 2.05) is 24.5 Å². The number of hydrogen-bond acceptors (Lipinski definition) is 4. The molecular weight excluding hydrogens is 354 g/mol. The molecule has 0 bridgehead atoms. The maximum atomic E-state index is 5.25. The topological polar surface area (TPSA) is 38.2 Å². The van der Waals surface area contributed by atoms with Crippen molar-refractivity contribution in [1.29, 1.82) is 0 Å². The third-order valence-corrected chi connectivity index (χ3v) is 5.13. The number of methoxy groups -OCH3 is 1. The zero-order valence-electron chi connectivity index (χ0n) is 13.7. The molecule has 4 nitrogen and oxygen atoms in total. The number of benzene rings is 1. The van der Waals surface area contributed by atoms with Crippen LogP contribution in [0.5, 0.6) is 5.75 Å².